The molecule has 0 spiro atoms. The van der Waals surface area contributed by atoms with Crippen molar-refractivity contribution >= 4 is 18.0 Å². The van der Waals surface area contributed by atoms with Crippen molar-refractivity contribution in [3.63, 3.8) is 0 Å². The first-order valence-electron chi connectivity index (χ1n) is 7.98. The van der Waals surface area contributed by atoms with Gasteiger partial charge in [-0.25, -0.2) is 5.43 Å². The van der Waals surface area contributed by atoms with E-state index in [-0.39, 0.29) is 12.5 Å². The topological polar surface area (TPSA) is 79.8 Å². The van der Waals surface area contributed by atoms with Gasteiger partial charge in [0.2, 0.25) is 0 Å². The monoisotopic (exact) mass is 339 g/mol. The van der Waals surface area contributed by atoms with Crippen molar-refractivity contribution in [3.8, 4) is 5.75 Å². The Balaban J connectivity index is 1.77. The van der Waals surface area contributed by atoms with E-state index in [1.807, 2.05) is 38.1 Å². The Kier molecular flexibility index (Phi) is 6.71. The van der Waals surface area contributed by atoms with E-state index >= 15 is 0 Å². The van der Waals surface area contributed by atoms with Crippen LogP contribution in [-0.4, -0.2) is 31.2 Å². The summed E-state index contributed by atoms with van der Waals surface area (Å²) in [5.41, 5.74) is 4.86. The van der Waals surface area contributed by atoms with Crippen LogP contribution in [0.15, 0.2) is 53.6 Å². The molecule has 0 fully saturated rings. The van der Waals surface area contributed by atoms with Crippen LogP contribution >= 0.6 is 0 Å². The van der Waals surface area contributed by atoms with Crippen LogP contribution in [0.5, 0.6) is 5.75 Å². The average Bonchev–Trinajstić information content (AvgIpc) is 2.62. The minimum Gasteiger partial charge on any atom is -0.494 e. The maximum atomic E-state index is 12.0. The van der Waals surface area contributed by atoms with E-state index in [1.165, 1.54) is 0 Å². The number of carbonyl (C=O) groups excluding carboxylic acids is 2. The summed E-state index contributed by atoms with van der Waals surface area (Å²) in [6.45, 7) is 4.29. The summed E-state index contributed by atoms with van der Waals surface area (Å²) in [6, 6.07) is 14.4. The van der Waals surface area contributed by atoms with Gasteiger partial charge in [-0.15, -0.1) is 0 Å². The van der Waals surface area contributed by atoms with Crippen molar-refractivity contribution in [3.05, 3.63) is 65.2 Å². The summed E-state index contributed by atoms with van der Waals surface area (Å²) in [5, 5.41) is 6.40. The van der Waals surface area contributed by atoms with Gasteiger partial charge in [-0.3, -0.25) is 9.59 Å². The fourth-order valence-corrected chi connectivity index (χ4v) is 2.00. The molecule has 0 bridgehead atoms. The van der Waals surface area contributed by atoms with Crippen LogP contribution < -0.4 is 15.5 Å². The van der Waals surface area contributed by atoms with Gasteiger partial charge < -0.3 is 10.1 Å². The van der Waals surface area contributed by atoms with Gasteiger partial charge in [0.05, 0.1) is 19.4 Å². The van der Waals surface area contributed by atoms with Gasteiger partial charge in [0.15, 0.2) is 0 Å². The number of hydrogen-bond acceptors (Lipinski definition) is 4. The highest BCUT2D eigenvalue weighted by Gasteiger charge is 2.07. The molecule has 25 heavy (non-hydrogen) atoms. The second kappa shape index (κ2) is 9.22. The number of ether oxygens (including phenoxy) is 1. The fourth-order valence-electron chi connectivity index (χ4n) is 2.00. The van der Waals surface area contributed by atoms with Crippen molar-refractivity contribution in [2.75, 3.05) is 13.2 Å². The number of hydrogen-bond donors (Lipinski definition) is 2. The zero-order valence-electron chi connectivity index (χ0n) is 14.3. The number of rotatable bonds is 7. The lowest BCUT2D eigenvalue weighted by Gasteiger charge is -2.06. The molecule has 2 N–H and O–H groups in total. The van der Waals surface area contributed by atoms with Gasteiger partial charge in [-0.05, 0) is 43.7 Å². The molecular formula is C19H21N3O3. The maximum absolute atomic E-state index is 12.0. The van der Waals surface area contributed by atoms with Gasteiger partial charge in [0.1, 0.15) is 5.75 Å². The first kappa shape index (κ1) is 18.2. The smallest absolute Gasteiger partial charge is 0.259 e. The Morgan fingerprint density at radius 2 is 1.76 bits per heavy atom. The third-order valence-corrected chi connectivity index (χ3v) is 3.32. The summed E-state index contributed by atoms with van der Waals surface area (Å²) in [7, 11) is 0. The van der Waals surface area contributed by atoms with E-state index in [1.54, 1.807) is 30.5 Å². The second-order valence-corrected chi connectivity index (χ2v) is 5.34. The minimum absolute atomic E-state index is 0.155. The lowest BCUT2D eigenvalue weighted by molar-refractivity contribution is -0.120. The molecular weight excluding hydrogens is 318 g/mol. The van der Waals surface area contributed by atoms with E-state index in [2.05, 4.69) is 15.8 Å². The Morgan fingerprint density at radius 1 is 1.08 bits per heavy atom. The SMILES string of the molecule is CCOc1ccc(C(=O)NCC(=O)N/N=C/c2ccc(C)cc2)cc1. The number of carbonyl (C=O) groups is 2. The second-order valence-electron chi connectivity index (χ2n) is 5.34. The van der Waals surface area contributed by atoms with Gasteiger partial charge in [-0.1, -0.05) is 29.8 Å². The highest BCUT2D eigenvalue weighted by Crippen LogP contribution is 2.11. The van der Waals surface area contributed by atoms with Crippen LogP contribution in [0.1, 0.15) is 28.4 Å². The minimum atomic E-state index is -0.400. The Hall–Kier alpha value is -3.15. The predicted molar refractivity (Wildman–Crippen MR) is 96.9 cm³/mol. The quantitative estimate of drug-likeness (QED) is 0.600. The molecule has 6 heteroatoms. The van der Waals surface area contributed by atoms with E-state index in [0.717, 1.165) is 11.1 Å². The number of nitrogens with one attached hydrogen (secondary N) is 2. The molecule has 0 aliphatic rings. The molecule has 2 aromatic carbocycles. The molecule has 6 nitrogen and oxygen atoms in total. The molecule has 0 aromatic heterocycles. The van der Waals surface area contributed by atoms with Gasteiger partial charge in [0, 0.05) is 5.56 Å². The van der Waals surface area contributed by atoms with Crippen molar-refractivity contribution < 1.29 is 14.3 Å². The molecule has 0 radical (unpaired) electrons. The molecule has 2 rings (SSSR count). The molecule has 0 heterocycles. The van der Waals surface area contributed by atoms with Crippen LogP contribution in [0.25, 0.3) is 0 Å². The normalized spacial score (nSPS) is 10.5. The van der Waals surface area contributed by atoms with Crippen molar-refractivity contribution in [1.82, 2.24) is 10.7 Å². The molecule has 0 atom stereocenters. The summed E-state index contributed by atoms with van der Waals surface area (Å²) >= 11 is 0. The molecule has 0 aliphatic carbocycles. The van der Waals surface area contributed by atoms with E-state index in [9.17, 15) is 9.59 Å². The summed E-state index contributed by atoms with van der Waals surface area (Å²) < 4.78 is 5.31. The van der Waals surface area contributed by atoms with Crippen molar-refractivity contribution in [2.45, 2.75) is 13.8 Å². The third-order valence-electron chi connectivity index (χ3n) is 3.32. The molecule has 0 saturated carbocycles. The number of benzene rings is 2. The number of aryl methyl sites for hydroxylation is 1. The van der Waals surface area contributed by atoms with Crippen LogP contribution in [0, 0.1) is 6.92 Å². The Morgan fingerprint density at radius 3 is 2.40 bits per heavy atom. The fraction of sp³-hybridized carbons (Fsp3) is 0.211. The lowest BCUT2D eigenvalue weighted by Crippen LogP contribution is -2.34. The summed E-state index contributed by atoms with van der Waals surface area (Å²) in [6.07, 6.45) is 1.55. The molecule has 0 saturated heterocycles. The van der Waals surface area contributed by atoms with Crippen LogP contribution in [0.3, 0.4) is 0 Å². The molecule has 130 valence electrons. The van der Waals surface area contributed by atoms with Gasteiger partial charge in [-0.2, -0.15) is 5.10 Å². The number of amides is 2. The molecule has 0 aliphatic heterocycles. The maximum Gasteiger partial charge on any atom is 0.259 e. The first-order chi connectivity index (χ1) is 12.1. The highest BCUT2D eigenvalue weighted by atomic mass is 16.5. The largest absolute Gasteiger partial charge is 0.494 e. The predicted octanol–water partition coefficient (Wildman–Crippen LogP) is 2.27. The van der Waals surface area contributed by atoms with Crippen molar-refractivity contribution in [2.24, 2.45) is 5.10 Å². The number of nitrogens with zero attached hydrogens (tertiary/aromatic N) is 1. The Labute approximate surface area is 146 Å². The van der Waals surface area contributed by atoms with Crippen LogP contribution in [0.2, 0.25) is 0 Å². The average molecular weight is 339 g/mol. The zero-order chi connectivity index (χ0) is 18.1. The molecule has 0 unspecified atom stereocenters. The standard InChI is InChI=1S/C19H21N3O3/c1-3-25-17-10-8-16(9-11-17)19(24)20-13-18(23)22-21-12-15-6-4-14(2)5-7-15/h4-12H,3,13H2,1-2H3,(H,20,24)(H,22,23)/b21-12+. The number of hydrazone groups is 1. The Bertz CT molecular complexity index is 738. The lowest BCUT2D eigenvalue weighted by atomic mass is 10.2. The van der Waals surface area contributed by atoms with Crippen LogP contribution in [-0.2, 0) is 4.79 Å². The summed E-state index contributed by atoms with van der Waals surface area (Å²) in [4.78, 5) is 23.7. The van der Waals surface area contributed by atoms with Crippen molar-refractivity contribution in [1.29, 1.82) is 0 Å². The first-order valence-corrected chi connectivity index (χ1v) is 7.98. The zero-order valence-corrected chi connectivity index (χ0v) is 14.3. The van der Waals surface area contributed by atoms with Gasteiger partial charge >= 0.3 is 0 Å². The van der Waals surface area contributed by atoms with E-state index in [4.69, 9.17) is 4.74 Å². The molecule has 2 aromatic rings. The molecule has 2 amide bonds. The highest BCUT2D eigenvalue weighted by molar-refractivity contribution is 5.96. The van der Waals surface area contributed by atoms with Crippen LogP contribution in [0.4, 0.5) is 0 Å². The van der Waals surface area contributed by atoms with Gasteiger partial charge in [0.25, 0.3) is 11.8 Å². The van der Waals surface area contributed by atoms with E-state index < -0.39 is 5.91 Å². The van der Waals surface area contributed by atoms with E-state index in [0.29, 0.717) is 17.9 Å². The summed E-state index contributed by atoms with van der Waals surface area (Å²) in [5.74, 6) is -0.0365. The third kappa shape index (κ3) is 6.10.